The molecule has 0 radical (unpaired) electrons. The lowest BCUT2D eigenvalue weighted by Gasteiger charge is -2.01. The summed E-state index contributed by atoms with van der Waals surface area (Å²) in [5, 5.41) is 0. The molecule has 0 atom stereocenters. The molecule has 0 saturated carbocycles. The summed E-state index contributed by atoms with van der Waals surface area (Å²) in [5.41, 5.74) is 5.62. The number of benzene rings is 2. The summed E-state index contributed by atoms with van der Waals surface area (Å²) in [4.78, 5) is 4.61. The van der Waals surface area contributed by atoms with Gasteiger partial charge in [-0.05, 0) is 35.4 Å². The van der Waals surface area contributed by atoms with Gasteiger partial charge in [0.25, 0.3) is 0 Å². The lowest BCUT2D eigenvalue weighted by atomic mass is 10.1. The highest BCUT2D eigenvalue weighted by Gasteiger charge is 2.05. The van der Waals surface area contributed by atoms with E-state index in [0.717, 1.165) is 16.7 Å². The molecule has 0 aliphatic heterocycles. The smallest absolute Gasteiger partial charge is 0.137 e. The van der Waals surface area contributed by atoms with E-state index in [1.807, 2.05) is 24.3 Å². The van der Waals surface area contributed by atoms with E-state index >= 15 is 0 Å². The maximum absolute atomic E-state index is 4.61. The normalized spacial score (nSPS) is 11.2. The Balaban J connectivity index is 2.03. The van der Waals surface area contributed by atoms with Crippen molar-refractivity contribution in [1.29, 1.82) is 0 Å². The van der Waals surface area contributed by atoms with Gasteiger partial charge in [-0.1, -0.05) is 42.5 Å². The summed E-state index contributed by atoms with van der Waals surface area (Å²) < 4.78 is 2.13. The van der Waals surface area contributed by atoms with Gasteiger partial charge in [0.2, 0.25) is 0 Å². The fourth-order valence-electron chi connectivity index (χ4n) is 2.47. The Morgan fingerprint density at radius 2 is 1.58 bits per heavy atom. The molecule has 0 fully saturated rings. The fraction of sp³-hybridized carbons (Fsp3) is 0. The van der Waals surface area contributed by atoms with Gasteiger partial charge in [0.05, 0.1) is 11.0 Å². The molecule has 2 heterocycles. The van der Waals surface area contributed by atoms with Gasteiger partial charge in [-0.15, -0.1) is 0 Å². The molecule has 2 aromatic carbocycles. The second-order valence-electron chi connectivity index (χ2n) is 4.61. The van der Waals surface area contributed by atoms with E-state index in [1.54, 1.807) is 0 Å². The number of imidazole rings is 1. The zero-order valence-electron chi connectivity index (χ0n) is 10.3. The molecule has 4 aromatic rings. The van der Waals surface area contributed by atoms with Crippen molar-refractivity contribution < 1.29 is 0 Å². The van der Waals surface area contributed by atoms with E-state index in [2.05, 4.69) is 58.0 Å². The third-order valence-corrected chi connectivity index (χ3v) is 3.42. The molecule has 2 aromatic heterocycles. The lowest BCUT2D eigenvalue weighted by Crippen LogP contribution is -1.83. The van der Waals surface area contributed by atoms with Gasteiger partial charge in [0.15, 0.2) is 0 Å². The zero-order valence-corrected chi connectivity index (χ0v) is 10.3. The highest BCUT2D eigenvalue weighted by molar-refractivity contribution is 5.85. The highest BCUT2D eigenvalue weighted by Crippen LogP contribution is 2.24. The van der Waals surface area contributed by atoms with Crippen LogP contribution in [0.25, 0.3) is 27.8 Å². The van der Waals surface area contributed by atoms with Crippen molar-refractivity contribution in [3.8, 4) is 11.1 Å². The Morgan fingerprint density at radius 3 is 2.47 bits per heavy atom. The molecule has 0 N–H and O–H groups in total. The second-order valence-corrected chi connectivity index (χ2v) is 4.61. The first-order valence-corrected chi connectivity index (χ1v) is 6.34. The summed E-state index contributed by atoms with van der Waals surface area (Å²) in [6, 6.07) is 22.9. The first kappa shape index (κ1) is 10.3. The monoisotopic (exact) mass is 244 g/mol. The van der Waals surface area contributed by atoms with Gasteiger partial charge in [0, 0.05) is 6.20 Å². The number of nitrogens with zero attached hydrogens (tertiary/aromatic N) is 2. The lowest BCUT2D eigenvalue weighted by molar-refractivity contribution is 1.23. The van der Waals surface area contributed by atoms with E-state index < -0.39 is 0 Å². The summed E-state index contributed by atoms with van der Waals surface area (Å²) >= 11 is 0. The van der Waals surface area contributed by atoms with Gasteiger partial charge in [-0.25, -0.2) is 4.98 Å². The van der Waals surface area contributed by atoms with Crippen molar-refractivity contribution in [2.75, 3.05) is 0 Å². The van der Waals surface area contributed by atoms with Crippen molar-refractivity contribution in [3.63, 3.8) is 0 Å². The quantitative estimate of drug-likeness (QED) is 0.491. The van der Waals surface area contributed by atoms with Crippen LogP contribution in [0.5, 0.6) is 0 Å². The van der Waals surface area contributed by atoms with E-state index in [4.69, 9.17) is 0 Å². The van der Waals surface area contributed by atoms with Gasteiger partial charge in [0.1, 0.15) is 5.65 Å². The Bertz CT molecular complexity index is 860. The minimum Gasteiger partial charge on any atom is -0.300 e. The number of fused-ring (bicyclic) bond motifs is 3. The third-order valence-electron chi connectivity index (χ3n) is 3.42. The number of hydrogen-bond donors (Lipinski definition) is 0. The predicted octanol–water partition coefficient (Wildman–Crippen LogP) is 4.15. The molecule has 2 heteroatoms. The Kier molecular flexibility index (Phi) is 2.15. The average molecular weight is 244 g/mol. The third kappa shape index (κ3) is 1.61. The van der Waals surface area contributed by atoms with Crippen LogP contribution in [0.4, 0.5) is 0 Å². The zero-order chi connectivity index (χ0) is 12.7. The predicted molar refractivity (Wildman–Crippen MR) is 78.1 cm³/mol. The fourth-order valence-corrected chi connectivity index (χ4v) is 2.47. The van der Waals surface area contributed by atoms with Crippen LogP contribution in [0, 0.1) is 0 Å². The summed E-state index contributed by atoms with van der Waals surface area (Å²) in [6.45, 7) is 0. The largest absolute Gasteiger partial charge is 0.300 e. The Morgan fingerprint density at radius 1 is 0.737 bits per heavy atom. The van der Waals surface area contributed by atoms with Crippen molar-refractivity contribution in [2.24, 2.45) is 0 Å². The van der Waals surface area contributed by atoms with E-state index in [1.165, 1.54) is 11.1 Å². The molecular weight excluding hydrogens is 232 g/mol. The minimum atomic E-state index is 0.989. The van der Waals surface area contributed by atoms with E-state index in [-0.39, 0.29) is 0 Å². The average Bonchev–Trinajstić information content (AvgIpc) is 2.86. The molecule has 0 saturated heterocycles. The van der Waals surface area contributed by atoms with Crippen molar-refractivity contribution in [1.82, 2.24) is 9.38 Å². The van der Waals surface area contributed by atoms with E-state index in [9.17, 15) is 0 Å². The number of pyridine rings is 1. The van der Waals surface area contributed by atoms with E-state index in [0.29, 0.717) is 0 Å². The Hall–Kier alpha value is -2.61. The molecule has 0 spiro atoms. The standard InChI is InChI=1S/C17H12N2/c1-2-6-13(7-3-1)14-9-10-15-16(12-14)19-11-5-4-8-17(19)18-15/h1-12H. The number of hydrogen-bond acceptors (Lipinski definition) is 1. The SMILES string of the molecule is c1ccc(-c2ccc3nc4ccccn4c3c2)cc1. The summed E-state index contributed by atoms with van der Waals surface area (Å²) in [5.74, 6) is 0. The first-order chi connectivity index (χ1) is 9.42. The van der Waals surface area contributed by atoms with Gasteiger partial charge < -0.3 is 0 Å². The van der Waals surface area contributed by atoms with Crippen LogP contribution in [0.15, 0.2) is 72.9 Å². The molecule has 19 heavy (non-hydrogen) atoms. The Labute approximate surface area is 111 Å². The topological polar surface area (TPSA) is 17.3 Å². The molecule has 0 aliphatic rings. The van der Waals surface area contributed by atoms with Crippen LogP contribution < -0.4 is 0 Å². The van der Waals surface area contributed by atoms with Gasteiger partial charge in [-0.3, -0.25) is 4.40 Å². The maximum Gasteiger partial charge on any atom is 0.137 e. The van der Waals surface area contributed by atoms with Crippen molar-refractivity contribution in [3.05, 3.63) is 72.9 Å². The summed E-state index contributed by atoms with van der Waals surface area (Å²) in [6.07, 6.45) is 2.06. The molecular formula is C17H12N2. The molecule has 0 aliphatic carbocycles. The van der Waals surface area contributed by atoms with Crippen molar-refractivity contribution in [2.45, 2.75) is 0 Å². The molecule has 4 rings (SSSR count). The minimum absolute atomic E-state index is 0.989. The van der Waals surface area contributed by atoms with Crippen LogP contribution in [-0.2, 0) is 0 Å². The van der Waals surface area contributed by atoms with Gasteiger partial charge in [-0.2, -0.15) is 0 Å². The highest BCUT2D eigenvalue weighted by atomic mass is 15.0. The maximum atomic E-state index is 4.61. The molecule has 0 unspecified atom stereocenters. The molecule has 0 bridgehead atoms. The summed E-state index contributed by atoms with van der Waals surface area (Å²) in [7, 11) is 0. The van der Waals surface area contributed by atoms with Crippen LogP contribution in [0.3, 0.4) is 0 Å². The molecule has 0 amide bonds. The van der Waals surface area contributed by atoms with Crippen LogP contribution in [0.1, 0.15) is 0 Å². The van der Waals surface area contributed by atoms with Crippen molar-refractivity contribution >= 4 is 16.7 Å². The van der Waals surface area contributed by atoms with Crippen LogP contribution >= 0.6 is 0 Å². The molecule has 90 valence electrons. The number of rotatable bonds is 1. The number of aromatic nitrogens is 2. The van der Waals surface area contributed by atoms with Crippen LogP contribution in [0.2, 0.25) is 0 Å². The second kappa shape index (κ2) is 3.95. The molecule has 2 nitrogen and oxygen atoms in total. The van der Waals surface area contributed by atoms with Gasteiger partial charge >= 0.3 is 0 Å². The first-order valence-electron chi connectivity index (χ1n) is 6.34. The van der Waals surface area contributed by atoms with Crippen LogP contribution in [-0.4, -0.2) is 9.38 Å².